The van der Waals surface area contributed by atoms with Gasteiger partial charge in [0.1, 0.15) is 0 Å². The first-order valence-electron chi connectivity index (χ1n) is 8.92. The van der Waals surface area contributed by atoms with Crippen LogP contribution in [0.3, 0.4) is 0 Å². The molecule has 124 valence electrons. The summed E-state index contributed by atoms with van der Waals surface area (Å²) in [5.41, 5.74) is 2.35. The Balaban J connectivity index is 1.95. The lowest BCUT2D eigenvalue weighted by atomic mass is 9.46. The maximum atomic E-state index is 12.2. The summed E-state index contributed by atoms with van der Waals surface area (Å²) in [4.78, 5) is 24.0. The summed E-state index contributed by atoms with van der Waals surface area (Å²) < 4.78 is 0. The molecule has 0 heterocycles. The standard InChI is InChI=1S/C21H28O2/c1-14-6-5-7-19-20(14,3)11-10-15(2)21(19,4)13-16-12-17(22)8-9-18(16)23/h8-9,12,15,19H,1,5-7,10-11,13H2,2-4H3/t15-,19+,20-,21+/m1/s1. The molecule has 0 radical (unpaired) electrons. The van der Waals surface area contributed by atoms with Crippen LogP contribution in [0.4, 0.5) is 0 Å². The third-order valence-electron chi connectivity index (χ3n) is 7.17. The van der Waals surface area contributed by atoms with Crippen molar-refractivity contribution in [3.8, 4) is 0 Å². The molecule has 0 aromatic carbocycles. The molecular weight excluding hydrogens is 284 g/mol. The summed E-state index contributed by atoms with van der Waals surface area (Å²) in [5, 5.41) is 0. The second-order valence-electron chi connectivity index (χ2n) is 8.36. The van der Waals surface area contributed by atoms with Gasteiger partial charge in [-0.25, -0.2) is 0 Å². The number of allylic oxidation sites excluding steroid dienone is 5. The predicted octanol–water partition coefficient (Wildman–Crippen LogP) is 4.81. The molecule has 0 saturated heterocycles. The molecule has 4 atom stereocenters. The van der Waals surface area contributed by atoms with E-state index in [-0.39, 0.29) is 22.4 Å². The average Bonchev–Trinajstić information content (AvgIpc) is 2.50. The minimum Gasteiger partial charge on any atom is -0.290 e. The van der Waals surface area contributed by atoms with E-state index in [1.807, 2.05) is 0 Å². The van der Waals surface area contributed by atoms with Crippen LogP contribution >= 0.6 is 0 Å². The van der Waals surface area contributed by atoms with E-state index in [1.165, 1.54) is 43.4 Å². The third kappa shape index (κ3) is 2.56. The Hall–Kier alpha value is -1.44. The van der Waals surface area contributed by atoms with E-state index in [0.29, 0.717) is 17.4 Å². The van der Waals surface area contributed by atoms with Gasteiger partial charge < -0.3 is 0 Å². The van der Waals surface area contributed by atoms with Crippen molar-refractivity contribution < 1.29 is 9.59 Å². The van der Waals surface area contributed by atoms with Crippen LogP contribution < -0.4 is 0 Å². The van der Waals surface area contributed by atoms with Gasteiger partial charge in [-0.15, -0.1) is 0 Å². The molecule has 2 saturated carbocycles. The lowest BCUT2D eigenvalue weighted by Gasteiger charge is -2.59. The van der Waals surface area contributed by atoms with Gasteiger partial charge in [0.2, 0.25) is 0 Å². The van der Waals surface area contributed by atoms with Crippen molar-refractivity contribution in [2.45, 2.75) is 59.3 Å². The summed E-state index contributed by atoms with van der Waals surface area (Å²) in [6, 6.07) is 0. The van der Waals surface area contributed by atoms with Crippen LogP contribution in [0, 0.1) is 22.7 Å². The van der Waals surface area contributed by atoms with Gasteiger partial charge in [0.05, 0.1) is 0 Å². The van der Waals surface area contributed by atoms with E-state index >= 15 is 0 Å². The van der Waals surface area contributed by atoms with Crippen molar-refractivity contribution in [1.82, 2.24) is 0 Å². The Labute approximate surface area is 139 Å². The number of fused-ring (bicyclic) bond motifs is 1. The number of ketones is 2. The minimum absolute atomic E-state index is 0.0138. The molecule has 0 N–H and O–H groups in total. The maximum absolute atomic E-state index is 12.2. The number of rotatable bonds is 2. The van der Waals surface area contributed by atoms with Crippen molar-refractivity contribution in [1.29, 1.82) is 0 Å². The molecule has 2 fully saturated rings. The molecular formula is C21H28O2. The molecule has 23 heavy (non-hydrogen) atoms. The zero-order valence-corrected chi connectivity index (χ0v) is 14.7. The van der Waals surface area contributed by atoms with E-state index in [9.17, 15) is 9.59 Å². The summed E-state index contributed by atoms with van der Waals surface area (Å²) in [7, 11) is 0. The molecule has 0 aliphatic heterocycles. The second kappa shape index (κ2) is 5.58. The van der Waals surface area contributed by atoms with E-state index in [0.717, 1.165) is 12.8 Å². The molecule has 3 aliphatic carbocycles. The van der Waals surface area contributed by atoms with Crippen LogP contribution in [0.15, 0.2) is 36.0 Å². The Kier molecular flexibility index (Phi) is 3.98. The first-order valence-corrected chi connectivity index (χ1v) is 8.92. The normalized spacial score (nSPS) is 40.8. The zero-order chi connectivity index (χ0) is 16.8. The van der Waals surface area contributed by atoms with Gasteiger partial charge in [0.25, 0.3) is 0 Å². The minimum atomic E-state index is -0.0533. The van der Waals surface area contributed by atoms with E-state index in [1.54, 1.807) is 6.08 Å². The van der Waals surface area contributed by atoms with Gasteiger partial charge in [0, 0.05) is 5.57 Å². The highest BCUT2D eigenvalue weighted by Crippen LogP contribution is 2.63. The van der Waals surface area contributed by atoms with E-state index in [4.69, 9.17) is 0 Å². The predicted molar refractivity (Wildman–Crippen MR) is 92.9 cm³/mol. The molecule has 0 amide bonds. The number of carbonyl (C=O) groups excluding carboxylic acids is 2. The molecule has 0 aromatic rings. The van der Waals surface area contributed by atoms with Crippen LogP contribution in [-0.2, 0) is 9.59 Å². The molecule has 0 bridgehead atoms. The average molecular weight is 312 g/mol. The highest BCUT2D eigenvalue weighted by molar-refractivity contribution is 6.17. The van der Waals surface area contributed by atoms with Crippen molar-refractivity contribution in [2.75, 3.05) is 0 Å². The smallest absolute Gasteiger partial charge is 0.182 e. The third-order valence-corrected chi connectivity index (χ3v) is 7.17. The van der Waals surface area contributed by atoms with Crippen LogP contribution in [0.5, 0.6) is 0 Å². The fourth-order valence-corrected chi connectivity index (χ4v) is 5.37. The fourth-order valence-electron chi connectivity index (χ4n) is 5.37. The number of hydrogen-bond donors (Lipinski definition) is 0. The Bertz CT molecular complexity index is 624. The van der Waals surface area contributed by atoms with Crippen LogP contribution in [0.1, 0.15) is 59.3 Å². The highest BCUT2D eigenvalue weighted by atomic mass is 16.1. The summed E-state index contributed by atoms with van der Waals surface area (Å²) in [6.45, 7) is 11.4. The van der Waals surface area contributed by atoms with Gasteiger partial charge in [0.15, 0.2) is 11.6 Å². The quantitative estimate of drug-likeness (QED) is 0.541. The van der Waals surface area contributed by atoms with Gasteiger partial charge in [-0.3, -0.25) is 9.59 Å². The topological polar surface area (TPSA) is 34.1 Å². The zero-order valence-electron chi connectivity index (χ0n) is 14.7. The number of hydrogen-bond acceptors (Lipinski definition) is 2. The molecule has 0 spiro atoms. The molecule has 2 heteroatoms. The van der Waals surface area contributed by atoms with Crippen molar-refractivity contribution >= 4 is 11.6 Å². The molecule has 0 unspecified atom stereocenters. The Morgan fingerprint density at radius 1 is 1.22 bits per heavy atom. The Morgan fingerprint density at radius 2 is 1.96 bits per heavy atom. The van der Waals surface area contributed by atoms with Gasteiger partial charge >= 0.3 is 0 Å². The first kappa shape index (κ1) is 16.4. The van der Waals surface area contributed by atoms with Crippen molar-refractivity contribution in [2.24, 2.45) is 22.7 Å². The number of carbonyl (C=O) groups is 2. The van der Waals surface area contributed by atoms with Crippen molar-refractivity contribution in [3.05, 3.63) is 36.0 Å². The lowest BCUT2D eigenvalue weighted by molar-refractivity contribution is -0.115. The van der Waals surface area contributed by atoms with Gasteiger partial charge in [-0.1, -0.05) is 32.9 Å². The fraction of sp³-hybridized carbons (Fsp3) is 0.619. The second-order valence-corrected chi connectivity index (χ2v) is 8.36. The monoisotopic (exact) mass is 312 g/mol. The van der Waals surface area contributed by atoms with Gasteiger partial charge in [-0.05, 0) is 79.4 Å². The van der Waals surface area contributed by atoms with Crippen LogP contribution in [0.2, 0.25) is 0 Å². The molecule has 0 aromatic heterocycles. The summed E-state index contributed by atoms with van der Waals surface area (Å²) in [6.07, 6.45) is 11.0. The largest absolute Gasteiger partial charge is 0.290 e. The SMILES string of the molecule is C=C1CCC[C@@H]2[C@@](C)(CC3=CC(=O)C=CC3=O)[C@H](C)CC[C@]12C. The molecule has 2 nitrogen and oxygen atoms in total. The molecule has 3 aliphatic rings. The molecule has 3 rings (SSSR count). The van der Waals surface area contributed by atoms with Crippen molar-refractivity contribution in [3.63, 3.8) is 0 Å². The Morgan fingerprint density at radius 3 is 2.70 bits per heavy atom. The lowest BCUT2D eigenvalue weighted by Crippen LogP contribution is -2.50. The highest BCUT2D eigenvalue weighted by Gasteiger charge is 2.54. The van der Waals surface area contributed by atoms with Crippen LogP contribution in [0.25, 0.3) is 0 Å². The van der Waals surface area contributed by atoms with Crippen LogP contribution in [-0.4, -0.2) is 11.6 Å². The van der Waals surface area contributed by atoms with E-state index in [2.05, 4.69) is 27.4 Å². The summed E-state index contributed by atoms with van der Waals surface area (Å²) >= 11 is 0. The maximum Gasteiger partial charge on any atom is 0.182 e. The van der Waals surface area contributed by atoms with E-state index < -0.39 is 0 Å². The first-order chi connectivity index (χ1) is 10.8. The van der Waals surface area contributed by atoms with Gasteiger partial charge in [-0.2, -0.15) is 0 Å². The summed E-state index contributed by atoms with van der Waals surface area (Å²) in [5.74, 6) is 1.07.